The molecule has 0 bridgehead atoms. The lowest BCUT2D eigenvalue weighted by Crippen LogP contribution is -2.04. The predicted molar refractivity (Wildman–Crippen MR) is 54.1 cm³/mol. The van der Waals surface area contributed by atoms with Crippen LogP contribution in [0.5, 0.6) is 0 Å². The third-order valence-corrected chi connectivity index (χ3v) is 2.40. The van der Waals surface area contributed by atoms with Crippen LogP contribution in [0.2, 0.25) is 0 Å². The highest BCUT2D eigenvalue weighted by molar-refractivity contribution is 7.98. The van der Waals surface area contributed by atoms with Gasteiger partial charge < -0.3 is 13.7 Å². The summed E-state index contributed by atoms with van der Waals surface area (Å²) >= 11 is 1.20. The molecule has 0 saturated carbocycles. The molecular weight excluding hydrogens is 248 g/mol. The summed E-state index contributed by atoms with van der Waals surface area (Å²) in [4.78, 5) is 15.0. The van der Waals surface area contributed by atoms with Gasteiger partial charge in [-0.2, -0.15) is 4.98 Å². The van der Waals surface area contributed by atoms with Gasteiger partial charge in [0, 0.05) is 0 Å². The first-order valence-electron chi connectivity index (χ1n) is 4.68. The SMILES string of the molecule is CCOC(=O)c1nnc(SCc2ncon2)o1. The van der Waals surface area contributed by atoms with Crippen LogP contribution in [0.1, 0.15) is 23.4 Å². The molecule has 8 nitrogen and oxygen atoms in total. The van der Waals surface area contributed by atoms with E-state index in [1.165, 1.54) is 18.2 Å². The minimum Gasteiger partial charge on any atom is -0.459 e. The van der Waals surface area contributed by atoms with Crippen molar-refractivity contribution in [2.24, 2.45) is 0 Å². The fourth-order valence-corrected chi connectivity index (χ4v) is 1.54. The van der Waals surface area contributed by atoms with Crippen LogP contribution in [0.25, 0.3) is 0 Å². The molecular formula is C8H8N4O4S. The van der Waals surface area contributed by atoms with Crippen molar-refractivity contribution in [1.82, 2.24) is 20.3 Å². The van der Waals surface area contributed by atoms with Gasteiger partial charge in [0.05, 0.1) is 12.4 Å². The Morgan fingerprint density at radius 2 is 2.41 bits per heavy atom. The average molecular weight is 256 g/mol. The number of hydrogen-bond acceptors (Lipinski definition) is 9. The topological polar surface area (TPSA) is 104 Å². The van der Waals surface area contributed by atoms with E-state index in [4.69, 9.17) is 9.15 Å². The number of esters is 1. The average Bonchev–Trinajstić information content (AvgIpc) is 2.98. The Morgan fingerprint density at radius 1 is 1.53 bits per heavy atom. The van der Waals surface area contributed by atoms with Crippen molar-refractivity contribution in [3.8, 4) is 0 Å². The summed E-state index contributed by atoms with van der Waals surface area (Å²) in [6.45, 7) is 1.95. The Labute approximate surface area is 99.7 Å². The van der Waals surface area contributed by atoms with Crippen molar-refractivity contribution < 1.29 is 18.5 Å². The van der Waals surface area contributed by atoms with Gasteiger partial charge in [-0.3, -0.25) is 0 Å². The standard InChI is InChI=1S/C8H8N4O4S/c1-2-14-7(13)6-10-11-8(16-6)17-3-5-9-4-15-12-5/h4H,2-3H2,1H3. The van der Waals surface area contributed by atoms with E-state index in [2.05, 4.69) is 24.9 Å². The maximum atomic E-state index is 11.2. The first kappa shape index (κ1) is 11.6. The maximum Gasteiger partial charge on any atom is 0.396 e. The molecule has 0 unspecified atom stereocenters. The highest BCUT2D eigenvalue weighted by atomic mass is 32.2. The number of carbonyl (C=O) groups is 1. The molecule has 0 saturated heterocycles. The number of ether oxygens (including phenoxy) is 1. The van der Waals surface area contributed by atoms with Crippen LogP contribution in [0, 0.1) is 0 Å². The van der Waals surface area contributed by atoms with Gasteiger partial charge in [-0.1, -0.05) is 22.0 Å². The van der Waals surface area contributed by atoms with Gasteiger partial charge in [-0.05, 0) is 6.92 Å². The number of aromatic nitrogens is 4. The summed E-state index contributed by atoms with van der Waals surface area (Å²) in [5.41, 5.74) is 0. The highest BCUT2D eigenvalue weighted by Crippen LogP contribution is 2.19. The molecule has 0 radical (unpaired) electrons. The number of hydrogen-bond donors (Lipinski definition) is 0. The number of thioether (sulfide) groups is 1. The van der Waals surface area contributed by atoms with E-state index in [9.17, 15) is 4.79 Å². The first-order valence-corrected chi connectivity index (χ1v) is 5.67. The molecule has 0 amide bonds. The maximum absolute atomic E-state index is 11.2. The second-order valence-electron chi connectivity index (χ2n) is 2.73. The minimum absolute atomic E-state index is 0.164. The van der Waals surface area contributed by atoms with E-state index in [0.29, 0.717) is 11.6 Å². The van der Waals surface area contributed by atoms with Gasteiger partial charge >= 0.3 is 11.9 Å². The molecule has 2 aromatic heterocycles. The van der Waals surface area contributed by atoms with Crippen molar-refractivity contribution in [2.75, 3.05) is 6.61 Å². The molecule has 0 atom stereocenters. The third-order valence-electron chi connectivity index (χ3n) is 1.59. The molecule has 0 aliphatic carbocycles. The Balaban J connectivity index is 1.92. The summed E-state index contributed by atoms with van der Waals surface area (Å²) in [7, 11) is 0. The predicted octanol–water partition coefficient (Wildman–Crippen LogP) is 0.922. The van der Waals surface area contributed by atoms with E-state index in [1.807, 2.05) is 0 Å². The number of carbonyl (C=O) groups excluding carboxylic acids is 1. The van der Waals surface area contributed by atoms with E-state index in [1.54, 1.807) is 6.92 Å². The van der Waals surface area contributed by atoms with Crippen LogP contribution in [-0.2, 0) is 10.5 Å². The van der Waals surface area contributed by atoms with Crippen LogP contribution in [-0.4, -0.2) is 32.9 Å². The van der Waals surface area contributed by atoms with Gasteiger partial charge in [0.15, 0.2) is 5.82 Å². The monoisotopic (exact) mass is 256 g/mol. The molecule has 0 N–H and O–H groups in total. The van der Waals surface area contributed by atoms with Gasteiger partial charge in [-0.15, -0.1) is 5.10 Å². The van der Waals surface area contributed by atoms with Crippen LogP contribution in [0.15, 0.2) is 20.6 Å². The van der Waals surface area contributed by atoms with Gasteiger partial charge in [-0.25, -0.2) is 4.79 Å². The van der Waals surface area contributed by atoms with E-state index < -0.39 is 5.97 Å². The zero-order chi connectivity index (χ0) is 12.1. The molecule has 2 rings (SSSR count). The van der Waals surface area contributed by atoms with E-state index in [0.717, 1.165) is 0 Å². The fraction of sp³-hybridized carbons (Fsp3) is 0.375. The van der Waals surface area contributed by atoms with Crippen molar-refractivity contribution >= 4 is 17.7 Å². The highest BCUT2D eigenvalue weighted by Gasteiger charge is 2.16. The van der Waals surface area contributed by atoms with Gasteiger partial charge in [0.25, 0.3) is 5.22 Å². The zero-order valence-electron chi connectivity index (χ0n) is 8.82. The largest absolute Gasteiger partial charge is 0.459 e. The molecule has 2 aromatic rings. The second kappa shape index (κ2) is 5.43. The lowest BCUT2D eigenvalue weighted by Gasteiger charge is -1.94. The van der Waals surface area contributed by atoms with Gasteiger partial charge in [0.2, 0.25) is 6.39 Å². The Morgan fingerprint density at radius 3 is 3.12 bits per heavy atom. The van der Waals surface area contributed by atoms with Crippen molar-refractivity contribution in [1.29, 1.82) is 0 Å². The third kappa shape index (κ3) is 3.03. The minimum atomic E-state index is -0.633. The zero-order valence-corrected chi connectivity index (χ0v) is 9.64. The summed E-state index contributed by atoms with van der Waals surface area (Å²) in [5, 5.41) is 11.1. The molecule has 0 aliphatic heterocycles. The smallest absolute Gasteiger partial charge is 0.396 e. The van der Waals surface area contributed by atoms with E-state index in [-0.39, 0.29) is 17.7 Å². The van der Waals surface area contributed by atoms with Crippen molar-refractivity contribution in [2.45, 2.75) is 17.9 Å². The van der Waals surface area contributed by atoms with Crippen molar-refractivity contribution in [3.63, 3.8) is 0 Å². The molecule has 0 aromatic carbocycles. The summed E-state index contributed by atoms with van der Waals surface area (Å²) in [6, 6.07) is 0. The van der Waals surface area contributed by atoms with Crippen molar-refractivity contribution in [3.05, 3.63) is 18.1 Å². The molecule has 90 valence electrons. The molecule has 2 heterocycles. The second-order valence-corrected chi connectivity index (χ2v) is 3.66. The van der Waals surface area contributed by atoms with Crippen LogP contribution >= 0.6 is 11.8 Å². The number of rotatable bonds is 5. The van der Waals surface area contributed by atoms with Gasteiger partial charge in [0.1, 0.15) is 0 Å². The quantitative estimate of drug-likeness (QED) is 0.570. The van der Waals surface area contributed by atoms with Crippen LogP contribution in [0.3, 0.4) is 0 Å². The van der Waals surface area contributed by atoms with E-state index >= 15 is 0 Å². The Hall–Kier alpha value is -1.90. The first-order chi connectivity index (χ1) is 8.29. The molecule has 17 heavy (non-hydrogen) atoms. The lowest BCUT2D eigenvalue weighted by atomic mass is 10.7. The molecule has 0 fully saturated rings. The summed E-state index contributed by atoms with van der Waals surface area (Å²) < 4.78 is 14.3. The fourth-order valence-electron chi connectivity index (χ4n) is 0.926. The molecule has 0 aliphatic rings. The lowest BCUT2D eigenvalue weighted by molar-refractivity contribution is 0.0475. The number of nitrogens with zero attached hydrogens (tertiary/aromatic N) is 4. The normalized spacial score (nSPS) is 10.4. The van der Waals surface area contributed by atoms with Crippen LogP contribution < -0.4 is 0 Å². The van der Waals surface area contributed by atoms with Crippen LogP contribution in [0.4, 0.5) is 0 Å². The Kier molecular flexibility index (Phi) is 3.70. The summed E-state index contributed by atoms with van der Waals surface area (Å²) in [6.07, 6.45) is 1.23. The summed E-state index contributed by atoms with van der Waals surface area (Å²) in [5.74, 6) is 0.126. The molecule has 0 spiro atoms. The Bertz CT molecular complexity index is 483. The molecule has 9 heteroatoms.